The van der Waals surface area contributed by atoms with E-state index in [1.54, 1.807) is 0 Å². The van der Waals surface area contributed by atoms with Crippen molar-refractivity contribution in [3.63, 3.8) is 0 Å². The van der Waals surface area contributed by atoms with Crippen molar-refractivity contribution in [1.82, 2.24) is 5.32 Å². The van der Waals surface area contributed by atoms with Crippen LogP contribution in [0.5, 0.6) is 5.75 Å². The highest BCUT2D eigenvalue weighted by atomic mass is 32.2. The fourth-order valence-corrected chi connectivity index (χ4v) is 2.77. The largest absolute Gasteiger partial charge is 0.494 e. The van der Waals surface area contributed by atoms with Crippen LogP contribution in [0.4, 0.5) is 0 Å². The van der Waals surface area contributed by atoms with Crippen molar-refractivity contribution in [2.45, 2.75) is 26.3 Å². The second kappa shape index (κ2) is 7.50. The minimum Gasteiger partial charge on any atom is -0.494 e. The maximum Gasteiger partial charge on any atom is 0.149 e. The molecule has 0 aliphatic rings. The van der Waals surface area contributed by atoms with Gasteiger partial charge in [-0.15, -0.1) is 0 Å². The molecular formula is C14H23NO3S. The van der Waals surface area contributed by atoms with Crippen LogP contribution >= 0.6 is 0 Å². The third kappa shape index (κ3) is 6.07. The number of sulfone groups is 1. The Labute approximate surface area is 116 Å². The van der Waals surface area contributed by atoms with Crippen molar-refractivity contribution in [2.75, 3.05) is 25.2 Å². The fourth-order valence-electron chi connectivity index (χ4n) is 1.86. The number of hydrogen-bond acceptors (Lipinski definition) is 4. The van der Waals surface area contributed by atoms with Gasteiger partial charge < -0.3 is 10.1 Å². The predicted molar refractivity (Wildman–Crippen MR) is 78.4 cm³/mol. The zero-order valence-electron chi connectivity index (χ0n) is 11.8. The Morgan fingerprint density at radius 1 is 1.21 bits per heavy atom. The first-order valence-electron chi connectivity index (χ1n) is 6.60. The standard InChI is InChI=1S/C14H23NO3S/c1-4-10-15-14(11-19(3,16)17)12-6-8-13(9-7-12)18-5-2/h6-9,14-15H,4-5,10-11H2,1-3H3. The van der Waals surface area contributed by atoms with E-state index in [-0.39, 0.29) is 11.8 Å². The minimum atomic E-state index is -3.02. The molecule has 5 heteroatoms. The lowest BCUT2D eigenvalue weighted by atomic mass is 10.1. The molecular weight excluding hydrogens is 262 g/mol. The zero-order chi connectivity index (χ0) is 14.3. The maximum atomic E-state index is 11.5. The Kier molecular flexibility index (Phi) is 6.31. The van der Waals surface area contributed by atoms with E-state index >= 15 is 0 Å². The zero-order valence-corrected chi connectivity index (χ0v) is 12.7. The highest BCUT2D eigenvalue weighted by Crippen LogP contribution is 2.19. The summed E-state index contributed by atoms with van der Waals surface area (Å²) in [6.45, 7) is 5.42. The quantitative estimate of drug-likeness (QED) is 0.795. The van der Waals surface area contributed by atoms with E-state index in [1.807, 2.05) is 31.2 Å². The lowest BCUT2D eigenvalue weighted by Crippen LogP contribution is -2.28. The molecule has 0 saturated heterocycles. The molecule has 0 saturated carbocycles. The van der Waals surface area contributed by atoms with Gasteiger partial charge in [0.15, 0.2) is 0 Å². The van der Waals surface area contributed by atoms with Crippen LogP contribution in [0.2, 0.25) is 0 Å². The van der Waals surface area contributed by atoms with E-state index in [0.717, 1.165) is 24.3 Å². The van der Waals surface area contributed by atoms with Gasteiger partial charge in [-0.1, -0.05) is 19.1 Å². The first-order valence-corrected chi connectivity index (χ1v) is 8.66. The summed E-state index contributed by atoms with van der Waals surface area (Å²) in [6.07, 6.45) is 2.24. The Balaban J connectivity index is 2.83. The van der Waals surface area contributed by atoms with Gasteiger partial charge in [-0.05, 0) is 37.6 Å². The van der Waals surface area contributed by atoms with Crippen LogP contribution in [0.1, 0.15) is 31.9 Å². The predicted octanol–water partition coefficient (Wildman–Crippen LogP) is 2.17. The molecule has 1 aromatic rings. The van der Waals surface area contributed by atoms with Crippen molar-refractivity contribution in [1.29, 1.82) is 0 Å². The van der Waals surface area contributed by atoms with E-state index in [1.165, 1.54) is 6.26 Å². The molecule has 0 aliphatic carbocycles. The van der Waals surface area contributed by atoms with Gasteiger partial charge >= 0.3 is 0 Å². The molecule has 1 atom stereocenters. The Morgan fingerprint density at radius 3 is 2.32 bits per heavy atom. The molecule has 4 nitrogen and oxygen atoms in total. The summed E-state index contributed by atoms with van der Waals surface area (Å²) in [4.78, 5) is 0. The van der Waals surface area contributed by atoms with Gasteiger partial charge in [0, 0.05) is 12.3 Å². The SMILES string of the molecule is CCCNC(CS(C)(=O)=O)c1ccc(OCC)cc1. The number of ether oxygens (including phenoxy) is 1. The first-order chi connectivity index (χ1) is 8.96. The second-order valence-electron chi connectivity index (χ2n) is 4.60. The molecule has 0 aromatic heterocycles. The first kappa shape index (κ1) is 16.0. The monoisotopic (exact) mass is 285 g/mol. The molecule has 108 valence electrons. The van der Waals surface area contributed by atoms with Gasteiger partial charge in [-0.3, -0.25) is 0 Å². The third-order valence-corrected chi connectivity index (χ3v) is 3.64. The summed E-state index contributed by atoms with van der Waals surface area (Å²) >= 11 is 0. The molecule has 0 spiro atoms. The highest BCUT2D eigenvalue weighted by molar-refractivity contribution is 7.90. The van der Waals surface area contributed by atoms with Gasteiger partial charge in [0.2, 0.25) is 0 Å². The summed E-state index contributed by atoms with van der Waals surface area (Å²) in [5, 5.41) is 3.27. The van der Waals surface area contributed by atoms with Gasteiger partial charge in [0.25, 0.3) is 0 Å². The number of rotatable bonds is 8. The lowest BCUT2D eigenvalue weighted by molar-refractivity contribution is 0.340. The molecule has 0 aliphatic heterocycles. The van der Waals surface area contributed by atoms with Crippen LogP contribution in [-0.4, -0.2) is 33.6 Å². The summed E-state index contributed by atoms with van der Waals surface area (Å²) in [7, 11) is -3.02. The van der Waals surface area contributed by atoms with E-state index in [9.17, 15) is 8.42 Å². The Hall–Kier alpha value is -1.07. The molecule has 0 heterocycles. The number of nitrogens with one attached hydrogen (secondary N) is 1. The molecule has 19 heavy (non-hydrogen) atoms. The van der Waals surface area contributed by atoms with E-state index in [0.29, 0.717) is 6.61 Å². The average Bonchev–Trinajstić information content (AvgIpc) is 2.34. The maximum absolute atomic E-state index is 11.5. The van der Waals surface area contributed by atoms with E-state index in [4.69, 9.17) is 4.74 Å². The fraction of sp³-hybridized carbons (Fsp3) is 0.571. The summed E-state index contributed by atoms with van der Waals surface area (Å²) in [5.74, 6) is 0.917. The molecule has 0 radical (unpaired) electrons. The van der Waals surface area contributed by atoms with E-state index < -0.39 is 9.84 Å². The lowest BCUT2D eigenvalue weighted by Gasteiger charge is -2.18. The number of hydrogen-bond donors (Lipinski definition) is 1. The highest BCUT2D eigenvalue weighted by Gasteiger charge is 2.16. The van der Waals surface area contributed by atoms with E-state index in [2.05, 4.69) is 12.2 Å². The van der Waals surface area contributed by atoms with Crippen LogP contribution in [0.15, 0.2) is 24.3 Å². The second-order valence-corrected chi connectivity index (χ2v) is 6.79. The van der Waals surface area contributed by atoms with Gasteiger partial charge in [0.1, 0.15) is 15.6 Å². The topological polar surface area (TPSA) is 55.4 Å². The molecule has 1 rings (SSSR count). The van der Waals surface area contributed by atoms with Crippen molar-refractivity contribution >= 4 is 9.84 Å². The summed E-state index contributed by atoms with van der Waals surface area (Å²) < 4.78 is 28.3. The van der Waals surface area contributed by atoms with Crippen LogP contribution in [-0.2, 0) is 9.84 Å². The Morgan fingerprint density at radius 2 is 1.84 bits per heavy atom. The minimum absolute atomic E-state index is 0.112. The molecule has 1 aromatic carbocycles. The van der Waals surface area contributed by atoms with Crippen molar-refractivity contribution in [3.05, 3.63) is 29.8 Å². The van der Waals surface area contributed by atoms with Crippen LogP contribution in [0, 0.1) is 0 Å². The summed E-state index contributed by atoms with van der Waals surface area (Å²) in [5.41, 5.74) is 0.974. The van der Waals surface area contributed by atoms with Crippen molar-refractivity contribution < 1.29 is 13.2 Å². The number of benzene rings is 1. The summed E-state index contributed by atoms with van der Waals surface area (Å²) in [6, 6.07) is 7.43. The smallest absolute Gasteiger partial charge is 0.149 e. The average molecular weight is 285 g/mol. The Bertz CT molecular complexity index is 468. The van der Waals surface area contributed by atoms with Crippen LogP contribution in [0.3, 0.4) is 0 Å². The molecule has 1 unspecified atom stereocenters. The van der Waals surface area contributed by atoms with Gasteiger partial charge in [-0.25, -0.2) is 8.42 Å². The molecule has 0 amide bonds. The van der Waals surface area contributed by atoms with Crippen molar-refractivity contribution in [2.24, 2.45) is 0 Å². The van der Waals surface area contributed by atoms with Crippen molar-refractivity contribution in [3.8, 4) is 5.75 Å². The molecule has 1 N–H and O–H groups in total. The molecule has 0 fully saturated rings. The van der Waals surface area contributed by atoms with Gasteiger partial charge in [0.05, 0.1) is 12.4 Å². The van der Waals surface area contributed by atoms with Crippen LogP contribution < -0.4 is 10.1 Å². The third-order valence-electron chi connectivity index (χ3n) is 2.70. The molecule has 0 bridgehead atoms. The van der Waals surface area contributed by atoms with Crippen LogP contribution in [0.25, 0.3) is 0 Å². The van der Waals surface area contributed by atoms with Gasteiger partial charge in [-0.2, -0.15) is 0 Å². The normalized spacial score (nSPS) is 13.2.